The number of benzene rings is 2. The molecule has 0 aliphatic heterocycles. The van der Waals surface area contributed by atoms with Crippen molar-refractivity contribution in [3.63, 3.8) is 0 Å². The van der Waals surface area contributed by atoms with E-state index in [1.807, 2.05) is 12.1 Å². The van der Waals surface area contributed by atoms with Crippen molar-refractivity contribution < 1.29 is 89.8 Å². The molecule has 0 amide bonds. The van der Waals surface area contributed by atoms with Crippen molar-refractivity contribution in [2.75, 3.05) is 0 Å². The molecule has 184 valence electrons. The van der Waals surface area contributed by atoms with Crippen LogP contribution in [0, 0.1) is 0 Å². The van der Waals surface area contributed by atoms with Gasteiger partial charge in [-0.1, -0.05) is 82.9 Å². The summed E-state index contributed by atoms with van der Waals surface area (Å²) in [5.41, 5.74) is 0.854. The van der Waals surface area contributed by atoms with Gasteiger partial charge in [0.2, 0.25) is 0 Å². The number of unbranched alkanes of at least 4 members (excludes halogenated alkanes) is 9. The molecule has 0 atom stereocenters. The van der Waals surface area contributed by atoms with Crippen LogP contribution in [-0.2, 0) is 26.7 Å². The summed E-state index contributed by atoms with van der Waals surface area (Å²) < 4.78 is 74.3. The van der Waals surface area contributed by atoms with Crippen LogP contribution in [-0.4, -0.2) is 25.9 Å². The van der Waals surface area contributed by atoms with E-state index in [0.717, 1.165) is 43.4 Å². The van der Waals surface area contributed by atoms with Crippen molar-refractivity contribution in [2.45, 2.75) is 87.3 Å². The molecule has 0 radical (unpaired) electrons. The first-order chi connectivity index (χ1) is 15.6. The first-order valence-electron chi connectivity index (χ1n) is 11.4. The predicted octanol–water partition coefficient (Wildman–Crippen LogP) is -0.241. The molecule has 0 N–H and O–H groups in total. The van der Waals surface area contributed by atoms with Crippen LogP contribution in [0.4, 0.5) is 0 Å². The maximum Gasteiger partial charge on any atom is 1.00 e. The van der Waals surface area contributed by atoms with Crippen molar-refractivity contribution in [3.05, 3.63) is 48.0 Å². The van der Waals surface area contributed by atoms with Crippen LogP contribution in [0.3, 0.4) is 0 Å². The monoisotopic (exact) mass is 542 g/mol. The Morgan fingerprint density at radius 3 is 1.77 bits per heavy atom. The minimum Gasteiger partial charge on any atom is -0.744 e. The molecule has 2 aromatic rings. The van der Waals surface area contributed by atoms with E-state index < -0.39 is 30.0 Å². The molecule has 0 aliphatic carbocycles. The summed E-state index contributed by atoms with van der Waals surface area (Å²) in [5.74, 6) is 0.0731. The van der Waals surface area contributed by atoms with E-state index in [-0.39, 0.29) is 64.9 Å². The van der Waals surface area contributed by atoms with E-state index >= 15 is 0 Å². The van der Waals surface area contributed by atoms with E-state index in [2.05, 4.69) is 6.92 Å². The third-order valence-electron chi connectivity index (χ3n) is 5.47. The zero-order chi connectivity index (χ0) is 24.3. The Balaban J connectivity index is 0.00000578. The smallest absolute Gasteiger partial charge is 0.744 e. The molecule has 0 unspecified atom stereocenters. The van der Waals surface area contributed by atoms with Crippen LogP contribution >= 0.6 is 0 Å². The zero-order valence-corrected chi connectivity index (χ0v) is 26.6. The summed E-state index contributed by atoms with van der Waals surface area (Å²) in [7, 11) is -9.99. The predicted molar refractivity (Wildman–Crippen MR) is 124 cm³/mol. The summed E-state index contributed by atoms with van der Waals surface area (Å²) in [6, 6.07) is 9.58. The maximum atomic E-state index is 11.6. The molecule has 35 heavy (non-hydrogen) atoms. The Labute approximate surface area is 254 Å². The Bertz CT molecular complexity index is 1100. The van der Waals surface area contributed by atoms with Gasteiger partial charge < -0.3 is 13.8 Å². The Kier molecular flexibility index (Phi) is 17.6. The fraction of sp³-hybridized carbons (Fsp3) is 0.500. The first-order valence-corrected chi connectivity index (χ1v) is 14.3. The summed E-state index contributed by atoms with van der Waals surface area (Å²) in [5, 5.41) is 0. The number of hydrogen-bond acceptors (Lipinski definition) is 7. The van der Waals surface area contributed by atoms with Crippen LogP contribution in [0.2, 0.25) is 0 Å². The molecule has 0 fully saturated rings. The molecule has 2 rings (SSSR count). The zero-order valence-electron chi connectivity index (χ0n) is 21.0. The Hall–Kier alpha value is 0.0600. The van der Waals surface area contributed by atoms with Gasteiger partial charge in [-0.25, -0.2) is 16.8 Å². The molecular weight excluding hydrogens is 510 g/mol. The summed E-state index contributed by atoms with van der Waals surface area (Å²) in [4.78, 5) is -1.68. The van der Waals surface area contributed by atoms with Gasteiger partial charge in [0.05, 0.1) is 9.79 Å². The molecule has 0 bridgehead atoms. The third kappa shape index (κ3) is 12.9. The average molecular weight is 543 g/mol. The fourth-order valence-electron chi connectivity index (χ4n) is 3.65. The standard InChI is InChI=1S/C24H34O7S2.2Na/c1-2-3-4-5-6-7-8-9-10-11-14-20-15-12-13-16-22(20)31-23-18-17-21(32(25,26)27)19-24(23)33(28,29)30;;/h12-13,15-19H,2-11,14H2,1H3,(H,25,26,27)(H,28,29,30);;/q;2*+1/p-2. The van der Waals surface area contributed by atoms with Crippen molar-refractivity contribution in [1.82, 2.24) is 0 Å². The largest absolute Gasteiger partial charge is 1.00 e. The Morgan fingerprint density at radius 2 is 1.23 bits per heavy atom. The van der Waals surface area contributed by atoms with Gasteiger partial charge in [-0.2, -0.15) is 0 Å². The van der Waals surface area contributed by atoms with E-state index in [1.165, 1.54) is 44.9 Å². The molecule has 0 aromatic heterocycles. The van der Waals surface area contributed by atoms with Crippen molar-refractivity contribution in [3.8, 4) is 11.5 Å². The minimum atomic E-state index is -5.07. The van der Waals surface area contributed by atoms with Gasteiger partial charge in [0.25, 0.3) is 0 Å². The normalized spacial score (nSPS) is 11.4. The van der Waals surface area contributed by atoms with Crippen LogP contribution in [0.15, 0.2) is 52.3 Å². The minimum absolute atomic E-state index is 0. The summed E-state index contributed by atoms with van der Waals surface area (Å²) >= 11 is 0. The molecule has 11 heteroatoms. The molecule has 0 saturated carbocycles. The van der Waals surface area contributed by atoms with E-state index in [1.54, 1.807) is 12.1 Å². The van der Waals surface area contributed by atoms with E-state index in [9.17, 15) is 25.9 Å². The Morgan fingerprint density at radius 1 is 0.686 bits per heavy atom. The summed E-state index contributed by atoms with van der Waals surface area (Å²) in [6.07, 6.45) is 12.8. The second-order valence-corrected chi connectivity index (χ2v) is 10.9. The van der Waals surface area contributed by atoms with Gasteiger partial charge in [0, 0.05) is 0 Å². The van der Waals surface area contributed by atoms with E-state index in [4.69, 9.17) is 4.74 Å². The fourth-order valence-corrected chi connectivity index (χ4v) is 4.85. The third-order valence-corrected chi connectivity index (χ3v) is 7.15. The topological polar surface area (TPSA) is 124 Å². The molecule has 7 nitrogen and oxygen atoms in total. The molecular formula is C24H32Na2O7S2. The number of aryl methyl sites for hydroxylation is 1. The second-order valence-electron chi connectivity index (χ2n) is 8.16. The average Bonchev–Trinajstić information content (AvgIpc) is 2.75. The van der Waals surface area contributed by atoms with Crippen LogP contribution in [0.5, 0.6) is 11.5 Å². The van der Waals surface area contributed by atoms with Gasteiger partial charge in [-0.3, -0.25) is 0 Å². The molecule has 0 saturated heterocycles. The van der Waals surface area contributed by atoms with Gasteiger partial charge in [-0.15, -0.1) is 0 Å². The van der Waals surface area contributed by atoms with Gasteiger partial charge in [0.15, 0.2) is 0 Å². The second kappa shape index (κ2) is 17.5. The van der Waals surface area contributed by atoms with Crippen LogP contribution < -0.4 is 63.9 Å². The molecule has 0 aliphatic rings. The van der Waals surface area contributed by atoms with Crippen molar-refractivity contribution in [1.29, 1.82) is 0 Å². The van der Waals surface area contributed by atoms with Gasteiger partial charge in [0.1, 0.15) is 31.7 Å². The van der Waals surface area contributed by atoms with Gasteiger partial charge >= 0.3 is 59.1 Å². The quantitative estimate of drug-likeness (QED) is 0.173. The number of rotatable bonds is 15. The van der Waals surface area contributed by atoms with Gasteiger partial charge in [-0.05, 0) is 42.7 Å². The number of ether oxygens (including phenoxy) is 1. The first kappa shape index (κ1) is 35.1. The number of para-hydroxylation sites is 1. The molecule has 2 aromatic carbocycles. The molecule has 0 heterocycles. The SMILES string of the molecule is CCCCCCCCCCCCc1ccccc1Oc1ccc(S(=O)(=O)[O-])cc1S(=O)(=O)[O-].[Na+].[Na+]. The molecule has 0 spiro atoms. The maximum absolute atomic E-state index is 11.6. The number of hydrogen-bond donors (Lipinski definition) is 0. The van der Waals surface area contributed by atoms with Crippen LogP contribution in [0.1, 0.15) is 76.7 Å². The van der Waals surface area contributed by atoms with Crippen molar-refractivity contribution in [2.24, 2.45) is 0 Å². The van der Waals surface area contributed by atoms with Crippen molar-refractivity contribution >= 4 is 20.2 Å². The van der Waals surface area contributed by atoms with E-state index in [0.29, 0.717) is 11.8 Å². The summed E-state index contributed by atoms with van der Waals surface area (Å²) in [6.45, 7) is 2.21. The van der Waals surface area contributed by atoms with Crippen LogP contribution in [0.25, 0.3) is 0 Å².